The normalized spacial score (nSPS) is 13.5. The Labute approximate surface area is 202 Å². The van der Waals surface area contributed by atoms with Crippen LogP contribution in [0.25, 0.3) is 22.8 Å². The molecule has 0 saturated carbocycles. The smallest absolute Gasteiger partial charge is 0.333 e. The molecular weight excluding hydrogens is 481 g/mol. The number of carbonyl (C=O) groups is 1. The molecule has 0 saturated heterocycles. The summed E-state index contributed by atoms with van der Waals surface area (Å²) in [5.74, 6) is 0.375. The van der Waals surface area contributed by atoms with Crippen LogP contribution >= 0.6 is 0 Å². The maximum atomic E-state index is 13.5. The summed E-state index contributed by atoms with van der Waals surface area (Å²) in [5.41, 5.74) is 0.783. The minimum atomic E-state index is -4.55. The van der Waals surface area contributed by atoms with Gasteiger partial charge in [-0.05, 0) is 5.56 Å². The highest BCUT2D eigenvalue weighted by molar-refractivity contribution is 6.00. The highest BCUT2D eigenvalue weighted by Gasteiger charge is 2.34. The number of nitrogens with zero attached hydrogens (tertiary/aromatic N) is 5. The predicted octanol–water partition coefficient (Wildman–Crippen LogP) is 5.59. The molecule has 2 aromatic carbocycles. The molecule has 4 aromatic rings. The van der Waals surface area contributed by atoms with E-state index in [1.54, 1.807) is 30.3 Å². The fourth-order valence-corrected chi connectivity index (χ4v) is 4.13. The van der Waals surface area contributed by atoms with Crippen molar-refractivity contribution in [3.8, 4) is 22.8 Å². The first-order valence-corrected chi connectivity index (χ1v) is 10.9. The van der Waals surface area contributed by atoms with E-state index < -0.39 is 18.3 Å². The number of imidazole rings is 1. The molecule has 0 atom stereocenters. The third-order valence-electron chi connectivity index (χ3n) is 5.90. The number of carbonyl (C=O) groups excluding carboxylic acids is 1. The quantitative estimate of drug-likeness (QED) is 0.336. The number of amides is 1. The number of hydrogen-bond acceptors (Lipinski definition) is 4. The molecule has 0 fully saturated rings. The number of benzene rings is 2. The van der Waals surface area contributed by atoms with Gasteiger partial charge in [-0.2, -0.15) is 13.2 Å². The van der Waals surface area contributed by atoms with Gasteiger partial charge in [-0.25, -0.2) is 23.7 Å². The Morgan fingerprint density at radius 2 is 1.75 bits per heavy atom. The standard InChI is InChI=1S/C25H18F5N5O/c1-34-13-19(25(28,29)30)32-23(34)15-8-6-14(7-9-15)12-35-20(36)10-16-11-31-22(33-24(16)35)18-5-3-2-4-17(18)21(26)27/h2-9,11,13,21H,10,12H2,1H3. The molecule has 0 bridgehead atoms. The van der Waals surface area contributed by atoms with Crippen molar-refractivity contribution in [2.75, 3.05) is 4.90 Å². The van der Waals surface area contributed by atoms with Crippen LogP contribution < -0.4 is 4.90 Å². The van der Waals surface area contributed by atoms with E-state index in [0.29, 0.717) is 22.5 Å². The molecule has 0 spiro atoms. The molecule has 1 aliphatic rings. The van der Waals surface area contributed by atoms with Gasteiger partial charge >= 0.3 is 6.18 Å². The number of aryl methyl sites for hydroxylation is 1. The maximum absolute atomic E-state index is 13.5. The third-order valence-corrected chi connectivity index (χ3v) is 5.90. The molecule has 1 aliphatic heterocycles. The Bertz CT molecular complexity index is 1450. The minimum absolute atomic E-state index is 0.0810. The van der Waals surface area contributed by atoms with Crippen LogP contribution in [-0.2, 0) is 31.0 Å². The summed E-state index contributed by atoms with van der Waals surface area (Å²) in [4.78, 5) is 26.5. The fourth-order valence-electron chi connectivity index (χ4n) is 4.13. The van der Waals surface area contributed by atoms with Crippen molar-refractivity contribution in [2.45, 2.75) is 25.6 Å². The fraction of sp³-hybridized carbons (Fsp3) is 0.200. The molecule has 0 N–H and O–H groups in total. The lowest BCUT2D eigenvalue weighted by Crippen LogP contribution is -2.26. The average Bonchev–Trinajstić information content (AvgIpc) is 3.39. The van der Waals surface area contributed by atoms with Crippen molar-refractivity contribution in [3.05, 3.63) is 83.3 Å². The first-order valence-electron chi connectivity index (χ1n) is 10.9. The van der Waals surface area contributed by atoms with Crippen molar-refractivity contribution >= 4 is 11.7 Å². The van der Waals surface area contributed by atoms with Gasteiger partial charge in [0.2, 0.25) is 5.91 Å². The number of fused-ring (bicyclic) bond motifs is 1. The van der Waals surface area contributed by atoms with Gasteiger partial charge in [-0.1, -0.05) is 48.5 Å². The molecule has 0 radical (unpaired) electrons. The first-order chi connectivity index (χ1) is 17.1. The van der Waals surface area contributed by atoms with Crippen molar-refractivity contribution < 1.29 is 26.7 Å². The zero-order chi connectivity index (χ0) is 25.6. The topological polar surface area (TPSA) is 63.9 Å². The summed E-state index contributed by atoms with van der Waals surface area (Å²) < 4.78 is 67.2. The molecule has 11 heteroatoms. The molecule has 0 aliphatic carbocycles. The molecule has 6 nitrogen and oxygen atoms in total. The number of aromatic nitrogens is 4. The number of halogens is 5. The van der Waals surface area contributed by atoms with E-state index in [1.807, 2.05) is 0 Å². The van der Waals surface area contributed by atoms with E-state index in [1.165, 1.54) is 40.9 Å². The Morgan fingerprint density at radius 3 is 2.42 bits per heavy atom. The van der Waals surface area contributed by atoms with E-state index in [9.17, 15) is 26.7 Å². The summed E-state index contributed by atoms with van der Waals surface area (Å²) in [6.07, 6.45) is -4.78. The highest BCUT2D eigenvalue weighted by atomic mass is 19.4. The van der Waals surface area contributed by atoms with Crippen LogP contribution in [0, 0.1) is 0 Å². The summed E-state index contributed by atoms with van der Waals surface area (Å²) in [6.45, 7) is 0.146. The van der Waals surface area contributed by atoms with Crippen molar-refractivity contribution in [3.63, 3.8) is 0 Å². The Morgan fingerprint density at radius 1 is 1.03 bits per heavy atom. The summed E-state index contributed by atoms with van der Waals surface area (Å²) in [5, 5.41) is 0. The predicted molar refractivity (Wildman–Crippen MR) is 121 cm³/mol. The minimum Gasteiger partial charge on any atom is -0.333 e. The number of anilines is 1. The molecule has 5 rings (SSSR count). The van der Waals surface area contributed by atoms with Crippen LogP contribution in [0.15, 0.2) is 60.9 Å². The molecule has 184 valence electrons. The van der Waals surface area contributed by atoms with E-state index in [-0.39, 0.29) is 41.6 Å². The van der Waals surface area contributed by atoms with Gasteiger partial charge < -0.3 is 4.57 Å². The maximum Gasteiger partial charge on any atom is 0.434 e. The van der Waals surface area contributed by atoms with E-state index in [4.69, 9.17) is 0 Å². The first kappa shape index (κ1) is 23.6. The van der Waals surface area contributed by atoms with Crippen LogP contribution in [0.3, 0.4) is 0 Å². The lowest BCUT2D eigenvalue weighted by atomic mass is 10.1. The van der Waals surface area contributed by atoms with E-state index in [0.717, 1.165) is 6.20 Å². The molecular formula is C25H18F5N5O. The van der Waals surface area contributed by atoms with Crippen LogP contribution in [0.4, 0.5) is 27.8 Å². The Balaban J connectivity index is 1.42. The Hall–Kier alpha value is -4.15. The van der Waals surface area contributed by atoms with Gasteiger partial charge in [0, 0.05) is 41.7 Å². The van der Waals surface area contributed by atoms with Crippen molar-refractivity contribution in [2.24, 2.45) is 7.05 Å². The number of alkyl halides is 5. The second-order valence-electron chi connectivity index (χ2n) is 8.34. The highest BCUT2D eigenvalue weighted by Crippen LogP contribution is 2.34. The van der Waals surface area contributed by atoms with Crippen molar-refractivity contribution in [1.82, 2.24) is 19.5 Å². The van der Waals surface area contributed by atoms with Gasteiger partial charge in [0.25, 0.3) is 6.43 Å². The SMILES string of the molecule is Cn1cc(C(F)(F)F)nc1-c1ccc(CN2C(=O)Cc3cnc(-c4ccccc4C(F)F)nc32)cc1. The Kier molecular flexibility index (Phi) is 5.77. The lowest BCUT2D eigenvalue weighted by Gasteiger charge is -2.17. The average molecular weight is 499 g/mol. The zero-order valence-corrected chi connectivity index (χ0v) is 18.8. The molecule has 1 amide bonds. The van der Waals surface area contributed by atoms with Crippen LogP contribution in [-0.4, -0.2) is 25.4 Å². The van der Waals surface area contributed by atoms with E-state index >= 15 is 0 Å². The summed E-state index contributed by atoms with van der Waals surface area (Å²) in [6, 6.07) is 12.6. The monoisotopic (exact) mass is 499 g/mol. The zero-order valence-electron chi connectivity index (χ0n) is 18.8. The van der Waals surface area contributed by atoms with Crippen LogP contribution in [0.1, 0.15) is 28.8 Å². The van der Waals surface area contributed by atoms with Gasteiger partial charge in [-0.3, -0.25) is 9.69 Å². The lowest BCUT2D eigenvalue weighted by molar-refractivity contribution is -0.140. The molecule has 3 heterocycles. The van der Waals surface area contributed by atoms with E-state index in [2.05, 4.69) is 15.0 Å². The van der Waals surface area contributed by atoms with Gasteiger partial charge in [0.1, 0.15) is 11.6 Å². The molecule has 36 heavy (non-hydrogen) atoms. The second kappa shape index (κ2) is 8.81. The third kappa shape index (κ3) is 4.32. The molecule has 0 unspecified atom stereocenters. The van der Waals surface area contributed by atoms with Crippen LogP contribution in [0.2, 0.25) is 0 Å². The van der Waals surface area contributed by atoms with Crippen LogP contribution in [0.5, 0.6) is 0 Å². The van der Waals surface area contributed by atoms with Crippen molar-refractivity contribution in [1.29, 1.82) is 0 Å². The van der Waals surface area contributed by atoms with Gasteiger partial charge in [0.15, 0.2) is 11.5 Å². The number of rotatable bonds is 5. The largest absolute Gasteiger partial charge is 0.434 e. The summed E-state index contributed by atoms with van der Waals surface area (Å²) >= 11 is 0. The van der Waals surface area contributed by atoms with Gasteiger partial charge in [0.05, 0.1) is 13.0 Å². The molecule has 2 aromatic heterocycles. The summed E-state index contributed by atoms with van der Waals surface area (Å²) in [7, 11) is 1.48. The second-order valence-corrected chi connectivity index (χ2v) is 8.34. The van der Waals surface area contributed by atoms with Gasteiger partial charge in [-0.15, -0.1) is 0 Å². The number of hydrogen-bond donors (Lipinski definition) is 0.